The molecule has 2 heterocycles. The van der Waals surface area contributed by atoms with Gasteiger partial charge in [-0.3, -0.25) is 0 Å². The smallest absolute Gasteiger partial charge is 0.202 e. The highest BCUT2D eigenvalue weighted by molar-refractivity contribution is 7.09. The van der Waals surface area contributed by atoms with E-state index in [1.54, 1.807) is 0 Å². The molecule has 2 rings (SSSR count). The molecule has 1 aromatic heterocycles. The lowest BCUT2D eigenvalue weighted by molar-refractivity contribution is 0.133. The number of ether oxygens (including phenoxy) is 1. The van der Waals surface area contributed by atoms with Gasteiger partial charge in [0.2, 0.25) is 5.13 Å². The van der Waals surface area contributed by atoms with Gasteiger partial charge in [-0.2, -0.15) is 4.37 Å². The van der Waals surface area contributed by atoms with Crippen LogP contribution in [0.2, 0.25) is 0 Å². The van der Waals surface area contributed by atoms with Crippen molar-refractivity contribution in [3.8, 4) is 0 Å². The lowest BCUT2D eigenvalue weighted by Gasteiger charge is -2.26. The number of hydrogen-bond acceptors (Lipinski definition) is 6. The van der Waals surface area contributed by atoms with E-state index in [0.29, 0.717) is 5.92 Å². The highest BCUT2D eigenvalue weighted by Gasteiger charge is 2.34. The average Bonchev–Trinajstić information content (AvgIpc) is 2.97. The van der Waals surface area contributed by atoms with Crippen molar-refractivity contribution in [2.75, 3.05) is 31.7 Å². The van der Waals surface area contributed by atoms with Gasteiger partial charge < -0.3 is 15.2 Å². The van der Waals surface area contributed by atoms with Crippen molar-refractivity contribution < 1.29 is 9.84 Å². The Morgan fingerprint density at radius 1 is 1.53 bits per heavy atom. The second kappa shape index (κ2) is 6.63. The molecule has 1 saturated heterocycles. The predicted molar refractivity (Wildman–Crippen MR) is 76.5 cm³/mol. The molecular formula is C13H23N3O2S. The van der Waals surface area contributed by atoms with E-state index in [0.717, 1.165) is 50.0 Å². The number of anilines is 1. The molecule has 1 aliphatic heterocycles. The van der Waals surface area contributed by atoms with Crippen LogP contribution in [0.15, 0.2) is 0 Å². The largest absolute Gasteiger partial charge is 0.396 e. The van der Waals surface area contributed by atoms with Gasteiger partial charge in [-0.1, -0.05) is 13.8 Å². The van der Waals surface area contributed by atoms with Gasteiger partial charge >= 0.3 is 0 Å². The predicted octanol–water partition coefficient (Wildman–Crippen LogP) is 1.94. The van der Waals surface area contributed by atoms with Crippen LogP contribution in [0.1, 0.15) is 32.5 Å². The van der Waals surface area contributed by atoms with E-state index in [1.165, 1.54) is 11.5 Å². The Morgan fingerprint density at radius 3 is 3.00 bits per heavy atom. The first kappa shape index (κ1) is 14.7. The first-order valence-electron chi connectivity index (χ1n) is 6.89. The minimum absolute atomic E-state index is 0.0542. The normalized spacial score (nSPS) is 23.2. The van der Waals surface area contributed by atoms with Crippen LogP contribution in [0.4, 0.5) is 5.13 Å². The van der Waals surface area contributed by atoms with Gasteiger partial charge in [-0.05, 0) is 18.8 Å². The fraction of sp³-hybridized carbons (Fsp3) is 0.846. The summed E-state index contributed by atoms with van der Waals surface area (Å²) in [4.78, 5) is 4.50. The van der Waals surface area contributed by atoms with Gasteiger partial charge in [-0.15, -0.1) is 0 Å². The van der Waals surface area contributed by atoms with Crippen molar-refractivity contribution in [1.82, 2.24) is 9.36 Å². The van der Waals surface area contributed by atoms with Gasteiger partial charge in [0.1, 0.15) is 5.82 Å². The first-order chi connectivity index (χ1) is 9.13. The van der Waals surface area contributed by atoms with Gasteiger partial charge in [0.05, 0.1) is 6.61 Å². The molecule has 19 heavy (non-hydrogen) atoms. The Kier molecular flexibility index (Phi) is 5.13. The molecule has 0 aliphatic carbocycles. The summed E-state index contributed by atoms with van der Waals surface area (Å²) in [6, 6.07) is 0. The summed E-state index contributed by atoms with van der Waals surface area (Å²) in [5.74, 6) is 1.49. The zero-order valence-electron chi connectivity index (χ0n) is 11.7. The summed E-state index contributed by atoms with van der Waals surface area (Å²) in [5, 5.41) is 13.4. The average molecular weight is 285 g/mol. The number of aliphatic hydroxyl groups excluding tert-OH is 1. The van der Waals surface area contributed by atoms with Crippen molar-refractivity contribution >= 4 is 16.7 Å². The number of rotatable bonds is 7. The Morgan fingerprint density at radius 2 is 2.37 bits per heavy atom. The van der Waals surface area contributed by atoms with Crippen LogP contribution in [-0.4, -0.2) is 40.8 Å². The molecule has 5 nitrogen and oxygen atoms in total. The number of nitrogens with zero attached hydrogens (tertiary/aromatic N) is 2. The second-order valence-corrected chi connectivity index (χ2v) is 6.50. The van der Waals surface area contributed by atoms with E-state index in [4.69, 9.17) is 4.74 Å². The molecule has 2 N–H and O–H groups in total. The number of aliphatic hydroxyl groups is 1. The molecule has 1 aromatic rings. The standard InChI is InChI=1S/C13H23N3O2S/c1-10(2)7-11-15-12(19-16-11)14-8-13(3-5-17)4-6-18-9-13/h10,17H,3-9H2,1-2H3,(H,14,15,16). The SMILES string of the molecule is CC(C)Cc1nsc(NCC2(CCO)CCOC2)n1. The van der Waals surface area contributed by atoms with E-state index in [2.05, 4.69) is 28.5 Å². The summed E-state index contributed by atoms with van der Waals surface area (Å²) >= 11 is 1.42. The Hall–Kier alpha value is -0.720. The quantitative estimate of drug-likeness (QED) is 0.801. The van der Waals surface area contributed by atoms with Gasteiger partial charge in [0.15, 0.2) is 0 Å². The number of aromatic nitrogens is 2. The van der Waals surface area contributed by atoms with Crippen LogP contribution in [-0.2, 0) is 11.2 Å². The zero-order chi connectivity index (χ0) is 13.7. The van der Waals surface area contributed by atoms with E-state index in [-0.39, 0.29) is 12.0 Å². The van der Waals surface area contributed by atoms with E-state index >= 15 is 0 Å². The lowest BCUT2D eigenvalue weighted by atomic mass is 9.84. The lowest BCUT2D eigenvalue weighted by Crippen LogP contribution is -2.31. The van der Waals surface area contributed by atoms with Crippen LogP contribution in [0, 0.1) is 11.3 Å². The molecule has 1 fully saturated rings. The molecule has 0 amide bonds. The summed E-state index contributed by atoms with van der Waals surface area (Å²) < 4.78 is 9.83. The topological polar surface area (TPSA) is 67.3 Å². The second-order valence-electron chi connectivity index (χ2n) is 5.74. The maximum absolute atomic E-state index is 9.18. The molecule has 0 aromatic carbocycles. The molecule has 0 bridgehead atoms. The first-order valence-corrected chi connectivity index (χ1v) is 7.66. The zero-order valence-corrected chi connectivity index (χ0v) is 12.5. The van der Waals surface area contributed by atoms with Crippen molar-refractivity contribution in [3.05, 3.63) is 5.82 Å². The fourth-order valence-corrected chi connectivity index (χ4v) is 2.94. The number of hydrogen-bond donors (Lipinski definition) is 2. The van der Waals surface area contributed by atoms with Crippen molar-refractivity contribution in [2.45, 2.75) is 33.1 Å². The molecule has 0 spiro atoms. The Balaban J connectivity index is 1.88. The maximum Gasteiger partial charge on any atom is 0.202 e. The summed E-state index contributed by atoms with van der Waals surface area (Å²) in [6.07, 6.45) is 2.69. The Bertz CT molecular complexity index is 389. The van der Waals surface area contributed by atoms with Crippen LogP contribution < -0.4 is 5.32 Å². The fourth-order valence-electron chi connectivity index (χ4n) is 2.35. The van der Waals surface area contributed by atoms with Crippen LogP contribution in [0.5, 0.6) is 0 Å². The molecule has 108 valence electrons. The van der Waals surface area contributed by atoms with E-state index in [9.17, 15) is 5.11 Å². The molecule has 1 atom stereocenters. The van der Waals surface area contributed by atoms with Gasteiger partial charge in [-0.25, -0.2) is 4.98 Å². The molecule has 6 heteroatoms. The minimum Gasteiger partial charge on any atom is -0.396 e. The highest BCUT2D eigenvalue weighted by Crippen LogP contribution is 2.32. The molecule has 1 aliphatic rings. The van der Waals surface area contributed by atoms with E-state index < -0.39 is 0 Å². The summed E-state index contributed by atoms with van der Waals surface area (Å²) in [5.41, 5.74) is 0.0542. The van der Waals surface area contributed by atoms with Crippen LogP contribution in [0.25, 0.3) is 0 Å². The molecular weight excluding hydrogens is 262 g/mol. The van der Waals surface area contributed by atoms with Crippen molar-refractivity contribution in [3.63, 3.8) is 0 Å². The monoisotopic (exact) mass is 285 g/mol. The third kappa shape index (κ3) is 4.12. The van der Waals surface area contributed by atoms with E-state index in [1.807, 2.05) is 0 Å². The minimum atomic E-state index is 0.0542. The van der Waals surface area contributed by atoms with Gasteiger partial charge in [0, 0.05) is 43.1 Å². The molecule has 0 radical (unpaired) electrons. The third-order valence-corrected chi connectivity index (χ3v) is 4.21. The Labute approximate surface area is 118 Å². The molecule has 1 unspecified atom stereocenters. The van der Waals surface area contributed by atoms with Crippen LogP contribution >= 0.6 is 11.5 Å². The summed E-state index contributed by atoms with van der Waals surface area (Å²) in [6.45, 7) is 6.85. The van der Waals surface area contributed by atoms with Gasteiger partial charge in [0.25, 0.3) is 0 Å². The summed E-state index contributed by atoms with van der Waals surface area (Å²) in [7, 11) is 0. The van der Waals surface area contributed by atoms with Crippen molar-refractivity contribution in [2.24, 2.45) is 11.3 Å². The highest BCUT2D eigenvalue weighted by atomic mass is 32.1. The third-order valence-electron chi connectivity index (χ3n) is 3.50. The van der Waals surface area contributed by atoms with Crippen LogP contribution in [0.3, 0.4) is 0 Å². The van der Waals surface area contributed by atoms with Crippen molar-refractivity contribution in [1.29, 1.82) is 0 Å². The maximum atomic E-state index is 9.18. The molecule has 0 saturated carbocycles. The number of nitrogens with one attached hydrogen (secondary N) is 1.